The summed E-state index contributed by atoms with van der Waals surface area (Å²) in [7, 11) is -4.41. The van der Waals surface area contributed by atoms with Gasteiger partial charge in [0.15, 0.2) is 0 Å². The topological polar surface area (TPSA) is 86.7 Å². The third kappa shape index (κ3) is 8.53. The molecule has 0 fully saturated rings. The van der Waals surface area contributed by atoms with Gasteiger partial charge in [0, 0.05) is 30.1 Å². The van der Waals surface area contributed by atoms with Crippen LogP contribution in [0.2, 0.25) is 0 Å². The van der Waals surface area contributed by atoms with E-state index in [1.807, 2.05) is 91.3 Å². The van der Waals surface area contributed by atoms with Crippen LogP contribution in [0.15, 0.2) is 103 Å². The molecule has 0 bridgehead atoms. The van der Waals surface area contributed by atoms with E-state index in [0.717, 1.165) is 33.5 Å². The second-order valence-corrected chi connectivity index (χ2v) is 11.8. The summed E-state index contributed by atoms with van der Waals surface area (Å²) in [4.78, 5) is 12.6. The molecule has 2 unspecified atom stereocenters. The Morgan fingerprint density at radius 1 is 0.881 bits per heavy atom. The molecule has 0 spiro atoms. The molecule has 0 saturated carbocycles. The van der Waals surface area contributed by atoms with Crippen LogP contribution in [0.4, 0.5) is 0 Å². The highest BCUT2D eigenvalue weighted by molar-refractivity contribution is 8.02. The Balaban J connectivity index is 1.18. The zero-order valence-electron chi connectivity index (χ0n) is 23.3. The van der Waals surface area contributed by atoms with Gasteiger partial charge in [-0.3, -0.25) is 9.42 Å². The number of fused-ring (bicyclic) bond motifs is 1. The molecule has 5 rings (SSSR count). The first-order valence-electron chi connectivity index (χ1n) is 13.7. The molecule has 4 aromatic carbocycles. The predicted molar refractivity (Wildman–Crippen MR) is 166 cm³/mol. The molecule has 4 aromatic rings. The van der Waals surface area contributed by atoms with Gasteiger partial charge in [0.1, 0.15) is 36.6 Å². The minimum absolute atomic E-state index is 0.110. The Bertz CT molecular complexity index is 1530. The Labute approximate surface area is 250 Å². The summed E-state index contributed by atoms with van der Waals surface area (Å²) in [5.74, 6) is 2.54. The number of hydrogen-bond acceptors (Lipinski definition) is 8. The minimum atomic E-state index is -4.41. The molecule has 1 heterocycles. The van der Waals surface area contributed by atoms with Gasteiger partial charge < -0.3 is 23.6 Å². The third-order valence-corrected chi connectivity index (χ3v) is 8.16. The average molecular weight is 608 g/mol. The molecule has 8 nitrogen and oxygen atoms in total. The summed E-state index contributed by atoms with van der Waals surface area (Å²) >= 11 is 1.72. The normalized spacial score (nSPS) is 15.0. The summed E-state index contributed by atoms with van der Waals surface area (Å²) in [6.07, 6.45) is 1.42. The summed E-state index contributed by atoms with van der Waals surface area (Å²) < 4.78 is 41.5. The molecule has 1 aliphatic heterocycles. The van der Waals surface area contributed by atoms with Gasteiger partial charge in [-0.25, -0.2) is 4.57 Å². The molecule has 10 heteroatoms. The van der Waals surface area contributed by atoms with E-state index in [1.165, 1.54) is 0 Å². The van der Waals surface area contributed by atoms with E-state index in [4.69, 9.17) is 23.3 Å². The van der Waals surface area contributed by atoms with Crippen molar-refractivity contribution in [2.45, 2.75) is 26.2 Å². The van der Waals surface area contributed by atoms with Crippen molar-refractivity contribution in [2.75, 3.05) is 25.7 Å². The van der Waals surface area contributed by atoms with E-state index in [0.29, 0.717) is 25.5 Å². The molecular formula is C32H34NO7PS. The van der Waals surface area contributed by atoms with E-state index in [-0.39, 0.29) is 19.0 Å². The van der Waals surface area contributed by atoms with E-state index < -0.39 is 13.9 Å². The molecule has 1 N–H and O–H groups in total. The first-order valence-corrected chi connectivity index (χ1v) is 16.2. The zero-order valence-corrected chi connectivity index (χ0v) is 25.0. The van der Waals surface area contributed by atoms with Crippen LogP contribution in [0.3, 0.4) is 0 Å². The predicted octanol–water partition coefficient (Wildman–Crippen LogP) is 7.38. The number of nitrogens with zero attached hydrogens (tertiary/aromatic N) is 1. The fourth-order valence-corrected chi connectivity index (χ4v) is 5.98. The van der Waals surface area contributed by atoms with Crippen molar-refractivity contribution in [3.05, 3.63) is 114 Å². The minimum Gasteiger partial charge on any atom is -0.490 e. The fraction of sp³-hybridized carbons (Fsp3) is 0.250. The lowest BCUT2D eigenvalue weighted by molar-refractivity contribution is -0.00682. The Morgan fingerprint density at radius 2 is 1.60 bits per heavy atom. The number of thioether (sulfide) groups is 1. The van der Waals surface area contributed by atoms with Crippen LogP contribution in [-0.2, 0) is 27.0 Å². The van der Waals surface area contributed by atoms with Crippen molar-refractivity contribution in [2.24, 2.45) is 0 Å². The Morgan fingerprint density at radius 3 is 2.31 bits per heavy atom. The van der Waals surface area contributed by atoms with Crippen molar-refractivity contribution in [1.82, 2.24) is 4.90 Å². The van der Waals surface area contributed by atoms with Gasteiger partial charge in [0.25, 0.3) is 0 Å². The second kappa shape index (κ2) is 14.6. The number of phosphoric acid groups is 1. The smallest absolute Gasteiger partial charge is 0.490 e. The van der Waals surface area contributed by atoms with Gasteiger partial charge in [-0.15, -0.1) is 11.8 Å². The van der Waals surface area contributed by atoms with Crippen molar-refractivity contribution in [3.8, 4) is 17.2 Å². The van der Waals surface area contributed by atoms with Gasteiger partial charge in [-0.1, -0.05) is 66.7 Å². The van der Waals surface area contributed by atoms with Gasteiger partial charge in [-0.2, -0.15) is 0 Å². The van der Waals surface area contributed by atoms with Crippen molar-refractivity contribution in [3.63, 3.8) is 0 Å². The zero-order chi connectivity index (χ0) is 29.2. The number of benzene rings is 4. The molecule has 1 aliphatic rings. The lowest BCUT2D eigenvalue weighted by atomic mass is 10.1. The highest BCUT2D eigenvalue weighted by Gasteiger charge is 2.26. The monoisotopic (exact) mass is 607 g/mol. The fourth-order valence-electron chi connectivity index (χ4n) is 4.47. The van der Waals surface area contributed by atoms with Crippen LogP contribution in [0.5, 0.6) is 17.2 Å². The maximum absolute atomic E-state index is 12.8. The molecule has 0 radical (unpaired) electrons. The molecule has 0 amide bonds. The maximum atomic E-state index is 12.8. The number of rotatable bonds is 15. The summed E-state index contributed by atoms with van der Waals surface area (Å²) in [5, 5.41) is 3.84. The molecule has 220 valence electrons. The number of hydrogen-bond donors (Lipinski definition) is 1. The number of phosphoric ester groups is 1. The van der Waals surface area contributed by atoms with Crippen LogP contribution >= 0.6 is 19.6 Å². The first-order chi connectivity index (χ1) is 20.5. The van der Waals surface area contributed by atoms with Crippen LogP contribution < -0.4 is 14.0 Å². The summed E-state index contributed by atoms with van der Waals surface area (Å²) in [6, 6.07) is 28.7. The molecule has 0 aromatic heterocycles. The van der Waals surface area contributed by atoms with Gasteiger partial charge in [-0.05, 0) is 47.7 Å². The molecular weight excluding hydrogens is 573 g/mol. The first kappa shape index (κ1) is 30.0. The van der Waals surface area contributed by atoms with Crippen molar-refractivity contribution < 1.29 is 32.7 Å². The quantitative estimate of drug-likeness (QED) is 0.139. The van der Waals surface area contributed by atoms with Gasteiger partial charge >= 0.3 is 7.82 Å². The third-order valence-electron chi connectivity index (χ3n) is 6.45. The maximum Gasteiger partial charge on any atom is 0.527 e. The number of ether oxygens (including phenoxy) is 3. The van der Waals surface area contributed by atoms with Crippen LogP contribution in [-0.4, -0.2) is 41.6 Å². The lowest BCUT2D eigenvalue weighted by Gasteiger charge is -2.21. The standard InChI is InChI=1S/C32H34NO7PS/c1-2-36-28(23-39-41(34,35)40-27-12-8-11-26(19-27)20-33-17-18-42-24-33)22-38-32-16-15-31(29-13-6-7-14-30(29)32)37-21-25-9-4-3-5-10-25/h3-19,28H,2,20-24H2,1H3,(H,34,35). The van der Waals surface area contributed by atoms with E-state index in [1.54, 1.807) is 30.0 Å². The van der Waals surface area contributed by atoms with Crippen LogP contribution in [0.1, 0.15) is 18.1 Å². The van der Waals surface area contributed by atoms with E-state index in [9.17, 15) is 9.46 Å². The molecule has 0 saturated heterocycles. The van der Waals surface area contributed by atoms with E-state index in [2.05, 4.69) is 4.90 Å². The van der Waals surface area contributed by atoms with Crippen LogP contribution in [0, 0.1) is 0 Å². The largest absolute Gasteiger partial charge is 0.527 e. The van der Waals surface area contributed by atoms with Crippen molar-refractivity contribution >= 4 is 30.4 Å². The second-order valence-electron chi connectivity index (χ2n) is 9.60. The van der Waals surface area contributed by atoms with Gasteiger partial charge in [0.05, 0.1) is 12.5 Å². The molecule has 2 atom stereocenters. The van der Waals surface area contributed by atoms with Crippen LogP contribution in [0.25, 0.3) is 10.8 Å². The summed E-state index contributed by atoms with van der Waals surface area (Å²) in [6.45, 7) is 3.28. The molecule has 0 aliphatic carbocycles. The van der Waals surface area contributed by atoms with E-state index >= 15 is 0 Å². The van der Waals surface area contributed by atoms with Gasteiger partial charge in [0.2, 0.25) is 0 Å². The Hall–Kier alpha value is -3.46. The lowest BCUT2D eigenvalue weighted by Crippen LogP contribution is -2.27. The SMILES string of the molecule is CCOC(COc1ccc(OCc2ccccc2)c2ccccc12)COP(=O)(O)Oc1cccc(CN2C=CSC2)c1. The van der Waals surface area contributed by atoms with Crippen molar-refractivity contribution in [1.29, 1.82) is 0 Å². The molecule has 42 heavy (non-hydrogen) atoms. The summed E-state index contributed by atoms with van der Waals surface area (Å²) in [5.41, 5.74) is 2.04. The average Bonchev–Trinajstić information content (AvgIpc) is 3.51. The highest BCUT2D eigenvalue weighted by atomic mass is 32.2. The Kier molecular flexibility index (Phi) is 10.5. The highest BCUT2D eigenvalue weighted by Crippen LogP contribution is 2.44.